The maximum atomic E-state index is 12.1. The minimum Gasteiger partial charge on any atom is -0.493 e. The van der Waals surface area contributed by atoms with E-state index in [1.54, 1.807) is 37.5 Å². The summed E-state index contributed by atoms with van der Waals surface area (Å²) in [7, 11) is 3.08. The monoisotopic (exact) mass is 361 g/mol. The van der Waals surface area contributed by atoms with Crippen LogP contribution < -0.4 is 14.8 Å². The van der Waals surface area contributed by atoms with E-state index in [-0.39, 0.29) is 5.56 Å². The number of rotatable bonds is 7. The number of methoxy groups -OCH3 is 2. The lowest BCUT2D eigenvalue weighted by molar-refractivity contribution is -0.111. The molecular weight excluding hydrogens is 342 g/mol. The third-order valence-electron chi connectivity index (χ3n) is 3.43. The minimum absolute atomic E-state index is 0.106. The van der Waals surface area contributed by atoms with Crippen LogP contribution in [0.3, 0.4) is 0 Å². The Bertz CT molecular complexity index is 810. The molecule has 2 N–H and O–H groups in total. The van der Waals surface area contributed by atoms with Crippen LogP contribution >= 0.6 is 11.3 Å². The fraction of sp³-hybridized carbons (Fsp3) is 0.222. The zero-order chi connectivity index (χ0) is 18.4. The number of hydrogen-bond acceptors (Lipinski definition) is 5. The number of carbonyl (C=O) groups is 2. The van der Waals surface area contributed by atoms with Gasteiger partial charge in [-0.1, -0.05) is 13.0 Å². The highest BCUT2D eigenvalue weighted by Crippen LogP contribution is 2.29. The van der Waals surface area contributed by atoms with Crippen molar-refractivity contribution < 1.29 is 24.2 Å². The van der Waals surface area contributed by atoms with E-state index in [2.05, 4.69) is 5.32 Å². The van der Waals surface area contributed by atoms with E-state index >= 15 is 0 Å². The van der Waals surface area contributed by atoms with Crippen molar-refractivity contribution in [3.05, 3.63) is 46.3 Å². The summed E-state index contributed by atoms with van der Waals surface area (Å²) in [6.07, 6.45) is 3.67. The smallest absolute Gasteiger partial charge is 0.338 e. The number of ether oxygens (including phenoxy) is 2. The number of carboxylic acids is 1. The van der Waals surface area contributed by atoms with Crippen LogP contribution in [0.1, 0.15) is 27.7 Å². The van der Waals surface area contributed by atoms with E-state index < -0.39 is 11.9 Å². The van der Waals surface area contributed by atoms with Gasteiger partial charge in [-0.05, 0) is 36.3 Å². The molecule has 0 aliphatic heterocycles. The number of aromatic carboxylic acids is 1. The number of carbonyl (C=O) groups excluding carboxylic acids is 1. The van der Waals surface area contributed by atoms with Crippen LogP contribution in [0.5, 0.6) is 11.5 Å². The molecule has 0 saturated carbocycles. The predicted molar refractivity (Wildman–Crippen MR) is 97.9 cm³/mol. The van der Waals surface area contributed by atoms with Gasteiger partial charge >= 0.3 is 5.97 Å². The van der Waals surface area contributed by atoms with Crippen LogP contribution in [0.4, 0.5) is 5.00 Å². The number of anilines is 1. The Morgan fingerprint density at radius 1 is 1.20 bits per heavy atom. The van der Waals surface area contributed by atoms with Gasteiger partial charge < -0.3 is 19.9 Å². The second-order valence-corrected chi connectivity index (χ2v) is 6.19. The van der Waals surface area contributed by atoms with Gasteiger partial charge in [0.15, 0.2) is 11.5 Å². The van der Waals surface area contributed by atoms with Crippen LogP contribution in [0.2, 0.25) is 0 Å². The third-order valence-corrected chi connectivity index (χ3v) is 4.63. The van der Waals surface area contributed by atoms with Crippen LogP contribution in [0, 0.1) is 0 Å². The molecule has 6 nitrogen and oxygen atoms in total. The molecule has 25 heavy (non-hydrogen) atoms. The molecule has 0 aliphatic rings. The highest BCUT2D eigenvalue weighted by Gasteiger charge is 2.15. The van der Waals surface area contributed by atoms with E-state index in [9.17, 15) is 14.7 Å². The molecular formula is C18H19NO5S. The van der Waals surface area contributed by atoms with Crippen molar-refractivity contribution in [1.29, 1.82) is 0 Å². The van der Waals surface area contributed by atoms with Crippen molar-refractivity contribution in [2.75, 3.05) is 19.5 Å². The number of amides is 1. The normalized spacial score (nSPS) is 10.7. The van der Waals surface area contributed by atoms with Gasteiger partial charge in [0.05, 0.1) is 19.8 Å². The van der Waals surface area contributed by atoms with Gasteiger partial charge in [-0.3, -0.25) is 4.79 Å². The number of carboxylic acid groups (broad SMARTS) is 1. The Balaban J connectivity index is 2.14. The fourth-order valence-corrected chi connectivity index (χ4v) is 3.14. The molecule has 0 aliphatic carbocycles. The predicted octanol–water partition coefficient (Wildman–Crippen LogP) is 3.68. The molecule has 0 fully saturated rings. The molecule has 132 valence electrons. The quantitative estimate of drug-likeness (QED) is 0.735. The van der Waals surface area contributed by atoms with Crippen molar-refractivity contribution in [2.45, 2.75) is 13.3 Å². The molecule has 0 radical (unpaired) electrons. The Labute approximate surface area is 149 Å². The van der Waals surface area contributed by atoms with E-state index in [4.69, 9.17) is 9.47 Å². The molecule has 1 amide bonds. The Hall–Kier alpha value is -2.80. The first-order valence-corrected chi connectivity index (χ1v) is 8.37. The fourth-order valence-electron chi connectivity index (χ4n) is 2.15. The SMILES string of the molecule is CCc1cc(C(=O)O)c(NC(=O)C=Cc2ccc(OC)c(OC)c2)s1. The van der Waals surface area contributed by atoms with Crippen LogP contribution in [0.15, 0.2) is 30.3 Å². The third kappa shape index (κ3) is 4.60. The first-order chi connectivity index (χ1) is 12.0. The molecule has 0 bridgehead atoms. The maximum absolute atomic E-state index is 12.1. The summed E-state index contributed by atoms with van der Waals surface area (Å²) in [5.74, 6) is -0.304. The molecule has 0 saturated heterocycles. The largest absolute Gasteiger partial charge is 0.493 e. The molecule has 7 heteroatoms. The van der Waals surface area contributed by atoms with E-state index in [0.717, 1.165) is 10.4 Å². The topological polar surface area (TPSA) is 84.9 Å². The number of hydrogen-bond donors (Lipinski definition) is 2. The Kier molecular flexibility index (Phi) is 6.19. The van der Waals surface area contributed by atoms with Crippen molar-refractivity contribution in [3.63, 3.8) is 0 Å². The van der Waals surface area contributed by atoms with Gasteiger partial charge in [-0.25, -0.2) is 4.79 Å². The van der Waals surface area contributed by atoms with Gasteiger partial charge in [0.2, 0.25) is 5.91 Å². The average molecular weight is 361 g/mol. The van der Waals surface area contributed by atoms with Gasteiger partial charge in [0, 0.05) is 11.0 Å². The Morgan fingerprint density at radius 3 is 2.52 bits per heavy atom. The first-order valence-electron chi connectivity index (χ1n) is 7.55. The number of benzene rings is 1. The minimum atomic E-state index is -1.06. The van der Waals surface area contributed by atoms with Crippen molar-refractivity contribution in [2.24, 2.45) is 0 Å². The summed E-state index contributed by atoms with van der Waals surface area (Å²) in [4.78, 5) is 24.2. The van der Waals surface area contributed by atoms with Crippen molar-refractivity contribution in [3.8, 4) is 11.5 Å². The zero-order valence-corrected chi connectivity index (χ0v) is 15.0. The molecule has 0 atom stereocenters. The van der Waals surface area contributed by atoms with Crippen LogP contribution in [0.25, 0.3) is 6.08 Å². The first kappa shape index (κ1) is 18.5. The molecule has 1 aromatic carbocycles. The van der Waals surface area contributed by atoms with E-state index in [1.165, 1.54) is 24.5 Å². The summed E-state index contributed by atoms with van der Waals surface area (Å²) >= 11 is 1.27. The molecule has 1 aromatic heterocycles. The molecule has 0 unspecified atom stereocenters. The van der Waals surface area contributed by atoms with Crippen molar-refractivity contribution >= 4 is 34.3 Å². The lowest BCUT2D eigenvalue weighted by atomic mass is 10.2. The molecule has 2 aromatic rings. The molecule has 0 spiro atoms. The lowest BCUT2D eigenvalue weighted by Crippen LogP contribution is -2.09. The van der Waals surface area contributed by atoms with Gasteiger partial charge in [0.25, 0.3) is 0 Å². The zero-order valence-electron chi connectivity index (χ0n) is 14.2. The lowest BCUT2D eigenvalue weighted by Gasteiger charge is -2.07. The van der Waals surface area contributed by atoms with E-state index in [0.29, 0.717) is 22.9 Å². The Morgan fingerprint density at radius 2 is 1.92 bits per heavy atom. The van der Waals surface area contributed by atoms with Crippen LogP contribution in [-0.4, -0.2) is 31.2 Å². The van der Waals surface area contributed by atoms with Gasteiger partial charge in [-0.2, -0.15) is 0 Å². The molecule has 1 heterocycles. The number of nitrogens with one attached hydrogen (secondary N) is 1. The number of thiophene rings is 1. The average Bonchev–Trinajstić information content (AvgIpc) is 3.02. The summed E-state index contributed by atoms with van der Waals surface area (Å²) in [5, 5.41) is 12.2. The summed E-state index contributed by atoms with van der Waals surface area (Å²) in [6, 6.07) is 6.85. The van der Waals surface area contributed by atoms with Crippen molar-refractivity contribution in [1.82, 2.24) is 0 Å². The van der Waals surface area contributed by atoms with Crippen LogP contribution in [-0.2, 0) is 11.2 Å². The summed E-state index contributed by atoms with van der Waals surface area (Å²) in [5.41, 5.74) is 0.862. The van der Waals surface area contributed by atoms with Gasteiger partial charge in [-0.15, -0.1) is 11.3 Å². The highest BCUT2D eigenvalue weighted by atomic mass is 32.1. The second-order valence-electron chi connectivity index (χ2n) is 5.05. The van der Waals surface area contributed by atoms with E-state index in [1.807, 2.05) is 6.92 Å². The maximum Gasteiger partial charge on any atom is 0.338 e. The highest BCUT2D eigenvalue weighted by molar-refractivity contribution is 7.16. The number of aryl methyl sites for hydroxylation is 1. The standard InChI is InChI=1S/C18H19NO5S/c1-4-12-10-13(18(21)22)17(25-12)19-16(20)8-6-11-5-7-14(23-2)15(9-11)24-3/h5-10H,4H2,1-3H3,(H,19,20)(H,21,22). The second kappa shape index (κ2) is 8.34. The molecule has 2 rings (SSSR count). The van der Waals surface area contributed by atoms with Gasteiger partial charge in [0.1, 0.15) is 5.00 Å². The summed E-state index contributed by atoms with van der Waals surface area (Å²) in [6.45, 7) is 1.93. The summed E-state index contributed by atoms with van der Waals surface area (Å²) < 4.78 is 10.4.